The number of aryl methyl sites for hydroxylation is 1. The van der Waals surface area contributed by atoms with Crippen LogP contribution in [0.2, 0.25) is 0 Å². The maximum Gasteiger partial charge on any atom is 0.0491 e. The second-order valence-corrected chi connectivity index (χ2v) is 5.58. The highest BCUT2D eigenvalue weighted by Crippen LogP contribution is 2.31. The summed E-state index contributed by atoms with van der Waals surface area (Å²) in [5, 5.41) is 2.61. The first-order chi connectivity index (χ1) is 10.3. The van der Waals surface area contributed by atoms with Gasteiger partial charge in [-0.1, -0.05) is 24.3 Å². The summed E-state index contributed by atoms with van der Waals surface area (Å²) in [4.78, 5) is 0. The van der Waals surface area contributed by atoms with Gasteiger partial charge in [0.15, 0.2) is 0 Å². The number of hydrogen-bond acceptors (Lipinski definition) is 2. The van der Waals surface area contributed by atoms with E-state index in [4.69, 9.17) is 11.5 Å². The Bertz CT molecular complexity index is 763. The van der Waals surface area contributed by atoms with E-state index in [2.05, 4.69) is 54.0 Å². The summed E-state index contributed by atoms with van der Waals surface area (Å²) in [6.45, 7) is 3.86. The van der Waals surface area contributed by atoms with Crippen LogP contribution in [0.1, 0.15) is 31.4 Å². The zero-order valence-electron chi connectivity index (χ0n) is 13.0. The van der Waals surface area contributed by atoms with Gasteiger partial charge in [-0.05, 0) is 50.1 Å². The van der Waals surface area contributed by atoms with Crippen molar-refractivity contribution >= 4 is 34.2 Å². The maximum absolute atomic E-state index is 6.29. The number of nitrogens with two attached hydrogens (primary N) is 2. The fourth-order valence-corrected chi connectivity index (χ4v) is 3.15. The van der Waals surface area contributed by atoms with E-state index in [1.807, 2.05) is 0 Å². The average molecular weight is 318 g/mol. The third kappa shape index (κ3) is 2.84. The molecule has 2 aromatic carbocycles. The van der Waals surface area contributed by atoms with Crippen molar-refractivity contribution in [3.05, 3.63) is 48.0 Å². The molecular weight excluding hydrogens is 294 g/mol. The Labute approximate surface area is 137 Å². The Kier molecular flexibility index (Phi) is 5.46. The van der Waals surface area contributed by atoms with Crippen molar-refractivity contribution < 1.29 is 0 Å². The smallest absolute Gasteiger partial charge is 0.0491 e. The van der Waals surface area contributed by atoms with E-state index >= 15 is 0 Å². The lowest BCUT2D eigenvalue weighted by Crippen LogP contribution is -2.12. The van der Waals surface area contributed by atoms with Crippen LogP contribution in [0.25, 0.3) is 21.8 Å². The predicted molar refractivity (Wildman–Crippen MR) is 97.6 cm³/mol. The number of nitrogens with zero attached hydrogens (tertiary/aromatic N) is 1. The van der Waals surface area contributed by atoms with Crippen molar-refractivity contribution in [3.8, 4) is 0 Å². The molecular formula is C18H24ClN3. The van der Waals surface area contributed by atoms with Crippen LogP contribution >= 0.6 is 12.4 Å². The van der Waals surface area contributed by atoms with Gasteiger partial charge in [0.25, 0.3) is 0 Å². The van der Waals surface area contributed by atoms with Crippen molar-refractivity contribution in [2.75, 3.05) is 6.54 Å². The molecule has 0 saturated carbocycles. The molecule has 0 aliphatic heterocycles. The summed E-state index contributed by atoms with van der Waals surface area (Å²) >= 11 is 0. The van der Waals surface area contributed by atoms with E-state index in [0.717, 1.165) is 19.4 Å². The molecule has 0 bridgehead atoms. The molecule has 1 aromatic heterocycles. The molecule has 4 heteroatoms. The highest BCUT2D eigenvalue weighted by Gasteiger charge is 2.12. The lowest BCUT2D eigenvalue weighted by molar-refractivity contribution is 0.618. The van der Waals surface area contributed by atoms with Gasteiger partial charge in [-0.25, -0.2) is 0 Å². The van der Waals surface area contributed by atoms with Gasteiger partial charge in [-0.2, -0.15) is 0 Å². The molecule has 1 atom stereocenters. The molecule has 0 aliphatic rings. The molecule has 0 saturated heterocycles. The minimum Gasteiger partial charge on any atom is -0.341 e. The summed E-state index contributed by atoms with van der Waals surface area (Å²) in [5.41, 5.74) is 15.7. The van der Waals surface area contributed by atoms with Gasteiger partial charge < -0.3 is 16.0 Å². The zero-order chi connectivity index (χ0) is 14.8. The molecule has 0 unspecified atom stereocenters. The molecule has 3 rings (SSSR count). The quantitative estimate of drug-likeness (QED) is 0.748. The maximum atomic E-state index is 6.29. The van der Waals surface area contributed by atoms with Crippen LogP contribution < -0.4 is 11.5 Å². The number of rotatable bonds is 5. The molecule has 0 spiro atoms. The number of hydrogen-bond donors (Lipinski definition) is 2. The van der Waals surface area contributed by atoms with Gasteiger partial charge in [0, 0.05) is 34.4 Å². The number of fused-ring (bicyclic) bond motifs is 3. The van der Waals surface area contributed by atoms with Crippen molar-refractivity contribution in [2.45, 2.75) is 32.4 Å². The number of halogens is 1. The summed E-state index contributed by atoms with van der Waals surface area (Å²) in [7, 11) is 0. The monoisotopic (exact) mass is 317 g/mol. The van der Waals surface area contributed by atoms with Crippen molar-refractivity contribution in [1.29, 1.82) is 0 Å². The topological polar surface area (TPSA) is 57.0 Å². The first-order valence-electron chi connectivity index (χ1n) is 7.72. The van der Waals surface area contributed by atoms with Gasteiger partial charge in [0.05, 0.1) is 0 Å². The van der Waals surface area contributed by atoms with Gasteiger partial charge in [0.1, 0.15) is 0 Å². The minimum absolute atomic E-state index is 0. The molecule has 3 nitrogen and oxygen atoms in total. The first-order valence-corrected chi connectivity index (χ1v) is 7.72. The van der Waals surface area contributed by atoms with Gasteiger partial charge >= 0.3 is 0 Å². The Morgan fingerprint density at radius 3 is 2.50 bits per heavy atom. The summed E-state index contributed by atoms with van der Waals surface area (Å²) in [6.07, 6.45) is 1.91. The lowest BCUT2D eigenvalue weighted by atomic mass is 10.0. The Balaban J connectivity index is 0.00000176. The second-order valence-electron chi connectivity index (χ2n) is 5.58. The third-order valence-corrected chi connectivity index (χ3v) is 4.26. The van der Waals surface area contributed by atoms with Gasteiger partial charge in [0.2, 0.25) is 0 Å². The van der Waals surface area contributed by atoms with Crippen LogP contribution in [0.3, 0.4) is 0 Å². The summed E-state index contributed by atoms with van der Waals surface area (Å²) < 4.78 is 2.36. The van der Waals surface area contributed by atoms with Crippen LogP contribution in [-0.2, 0) is 6.54 Å². The van der Waals surface area contributed by atoms with E-state index in [-0.39, 0.29) is 18.4 Å². The van der Waals surface area contributed by atoms with E-state index in [1.54, 1.807) is 0 Å². The Hall–Kier alpha value is -1.55. The van der Waals surface area contributed by atoms with E-state index < -0.39 is 0 Å². The average Bonchev–Trinajstić information content (AvgIpc) is 2.85. The molecule has 22 heavy (non-hydrogen) atoms. The SMILES string of the molecule is CCn1c2ccccc2c2cc([C@H](N)CCCN)ccc21.Cl. The molecule has 4 N–H and O–H groups in total. The molecule has 0 fully saturated rings. The van der Waals surface area contributed by atoms with Crippen molar-refractivity contribution in [2.24, 2.45) is 11.5 Å². The number of benzene rings is 2. The van der Waals surface area contributed by atoms with Crippen LogP contribution in [0.5, 0.6) is 0 Å². The van der Waals surface area contributed by atoms with Gasteiger partial charge in [-0.15, -0.1) is 12.4 Å². The molecule has 0 radical (unpaired) electrons. The zero-order valence-corrected chi connectivity index (χ0v) is 13.8. The number of aromatic nitrogens is 1. The van der Waals surface area contributed by atoms with Crippen molar-refractivity contribution in [3.63, 3.8) is 0 Å². The van der Waals surface area contributed by atoms with Crippen LogP contribution in [-0.4, -0.2) is 11.1 Å². The Morgan fingerprint density at radius 1 is 1.05 bits per heavy atom. The highest BCUT2D eigenvalue weighted by molar-refractivity contribution is 6.08. The standard InChI is InChI=1S/C18H23N3.ClH/c1-2-21-17-8-4-3-6-14(17)15-12-13(9-10-18(15)21)16(20)7-5-11-19;/h3-4,6,8-10,12,16H,2,5,7,11,19-20H2,1H3;1H/t16-;/m1./s1. The van der Waals surface area contributed by atoms with E-state index in [9.17, 15) is 0 Å². The minimum atomic E-state index is 0. The van der Waals surface area contributed by atoms with Crippen LogP contribution in [0.15, 0.2) is 42.5 Å². The molecule has 0 aliphatic carbocycles. The first kappa shape index (κ1) is 16.8. The van der Waals surface area contributed by atoms with Gasteiger partial charge in [-0.3, -0.25) is 0 Å². The largest absolute Gasteiger partial charge is 0.341 e. The summed E-state index contributed by atoms with van der Waals surface area (Å²) in [5.74, 6) is 0. The fourth-order valence-electron chi connectivity index (χ4n) is 3.15. The summed E-state index contributed by atoms with van der Waals surface area (Å²) in [6, 6.07) is 15.3. The Morgan fingerprint density at radius 2 is 1.77 bits per heavy atom. The van der Waals surface area contributed by atoms with Crippen molar-refractivity contribution in [1.82, 2.24) is 4.57 Å². The molecule has 118 valence electrons. The van der Waals surface area contributed by atoms with E-state index in [0.29, 0.717) is 6.54 Å². The van der Waals surface area contributed by atoms with Crippen LogP contribution in [0, 0.1) is 0 Å². The molecule has 1 heterocycles. The normalized spacial score (nSPS) is 12.5. The molecule has 3 aromatic rings. The third-order valence-electron chi connectivity index (χ3n) is 4.26. The number of para-hydroxylation sites is 1. The second kappa shape index (κ2) is 7.14. The highest BCUT2D eigenvalue weighted by atomic mass is 35.5. The van der Waals surface area contributed by atoms with E-state index in [1.165, 1.54) is 27.4 Å². The fraction of sp³-hybridized carbons (Fsp3) is 0.333. The predicted octanol–water partition coefficient (Wildman–Crippen LogP) is 3.97. The molecule has 0 amide bonds. The van der Waals surface area contributed by atoms with Crippen LogP contribution in [0.4, 0.5) is 0 Å². The lowest BCUT2D eigenvalue weighted by Gasteiger charge is -2.12.